The van der Waals surface area contributed by atoms with Gasteiger partial charge >= 0.3 is 10.1 Å². The Hall–Kier alpha value is -5.71. The van der Waals surface area contributed by atoms with Gasteiger partial charge in [0, 0.05) is 22.7 Å². The monoisotopic (exact) mass is 583 g/mol. The number of hydrogen-bond acceptors (Lipinski definition) is 4. The molecule has 2 heterocycles. The van der Waals surface area contributed by atoms with Crippen LogP contribution < -0.4 is 9.80 Å². The van der Waals surface area contributed by atoms with Crippen molar-refractivity contribution in [2.75, 3.05) is 9.80 Å². The summed E-state index contributed by atoms with van der Waals surface area (Å²) < 4.78 is 0. The zero-order valence-electron chi connectivity index (χ0n) is 24.6. The van der Waals surface area contributed by atoms with Crippen molar-refractivity contribution >= 4 is 44.2 Å². The average molecular weight is 584 g/mol. The van der Waals surface area contributed by atoms with Crippen molar-refractivity contribution in [3.63, 3.8) is 0 Å². The summed E-state index contributed by atoms with van der Waals surface area (Å²) in [6.07, 6.45) is -0.498. The van der Waals surface area contributed by atoms with E-state index in [0.29, 0.717) is 0 Å². The summed E-state index contributed by atoms with van der Waals surface area (Å²) >= 11 is 0. The molecule has 0 bridgehead atoms. The molecule has 2 aliphatic heterocycles. The van der Waals surface area contributed by atoms with Crippen LogP contribution in [0.3, 0.4) is 0 Å². The molecule has 0 spiro atoms. The number of hydrogen-bond donors (Lipinski definition) is 2. The summed E-state index contributed by atoms with van der Waals surface area (Å²) in [6, 6.07) is 51.2. The Morgan fingerprint density at radius 2 is 0.733 bits per heavy atom. The van der Waals surface area contributed by atoms with E-state index in [1.54, 1.807) is 12.1 Å². The van der Waals surface area contributed by atoms with E-state index in [1.165, 1.54) is 0 Å². The second-order valence-corrected chi connectivity index (χ2v) is 10.5. The van der Waals surface area contributed by atoms with E-state index < -0.39 is 0 Å². The van der Waals surface area contributed by atoms with Crippen LogP contribution in [0.15, 0.2) is 158 Å². The Morgan fingerprint density at radius 1 is 0.400 bits per heavy atom. The summed E-state index contributed by atoms with van der Waals surface area (Å²) in [6.45, 7) is 0. The number of benzene rings is 6. The first kappa shape index (κ1) is 29.4. The molecule has 2 unspecified atom stereocenters. The molecule has 2 atom stereocenters. The molecule has 45 heavy (non-hydrogen) atoms. The van der Waals surface area contributed by atoms with Crippen molar-refractivity contribution in [3.05, 3.63) is 179 Å². The van der Waals surface area contributed by atoms with Crippen molar-refractivity contribution in [1.29, 1.82) is 0 Å². The van der Waals surface area contributed by atoms with Gasteiger partial charge in [0.05, 0.1) is 0 Å². The van der Waals surface area contributed by atoms with E-state index in [-0.39, 0.29) is 34.0 Å². The van der Waals surface area contributed by atoms with Crippen molar-refractivity contribution in [1.82, 2.24) is 0 Å². The minimum atomic E-state index is -0.249. The molecule has 0 fully saturated rings. The van der Waals surface area contributed by atoms with Gasteiger partial charge in [0.15, 0.2) is 0 Å². The van der Waals surface area contributed by atoms with Crippen molar-refractivity contribution in [2.45, 2.75) is 12.3 Å². The normalized spacial score (nSPS) is 15.8. The van der Waals surface area contributed by atoms with Gasteiger partial charge in [0.25, 0.3) is 0 Å². The Labute approximate surface area is 267 Å². The zero-order valence-corrected chi connectivity index (χ0v) is 24.6. The topological polar surface area (TPSA) is 75.1 Å². The molecule has 0 saturated carbocycles. The molecule has 2 N–H and O–H groups in total. The molecule has 0 aromatic heterocycles. The Bertz CT molecular complexity index is 1750. The summed E-state index contributed by atoms with van der Waals surface area (Å²) in [5.41, 5.74) is 7.74. The standard InChI is InChI=1S/2C19H15N2O.Be/c2*22-18-13-7-4-10-15(18)19-20-16-11-5-6-12-17(16)21(19)14-8-2-1-3-9-14;/h2*1-13,19,22H;/q2*-1;+2. The fraction of sp³-hybridized carbons (Fsp3) is 0.0526. The molecule has 8 rings (SSSR count). The van der Waals surface area contributed by atoms with Gasteiger partial charge in [-0.15, -0.1) is 11.4 Å². The number of nitrogens with zero attached hydrogens (tertiary/aromatic N) is 4. The fourth-order valence-corrected chi connectivity index (χ4v) is 5.76. The largest absolute Gasteiger partial charge is 2.00 e. The number of anilines is 4. The molecule has 0 radical (unpaired) electrons. The van der Waals surface area contributed by atoms with Gasteiger partial charge in [-0.25, -0.2) is 0 Å². The van der Waals surface area contributed by atoms with E-state index in [1.807, 2.05) is 109 Å². The predicted octanol–water partition coefficient (Wildman–Crippen LogP) is 10.1. The average Bonchev–Trinajstić information content (AvgIpc) is 3.65. The summed E-state index contributed by atoms with van der Waals surface area (Å²) in [5.74, 6) is 0.537. The smallest absolute Gasteiger partial charge is 0.659 e. The van der Waals surface area contributed by atoms with Crippen LogP contribution in [0, 0.1) is 0 Å². The molecule has 7 heteroatoms. The van der Waals surface area contributed by atoms with Crippen LogP contribution in [0.1, 0.15) is 23.5 Å². The van der Waals surface area contributed by atoms with Gasteiger partial charge in [0.2, 0.25) is 0 Å². The first-order valence-electron chi connectivity index (χ1n) is 14.5. The molecule has 6 aromatic carbocycles. The van der Waals surface area contributed by atoms with Crippen molar-refractivity contribution in [3.8, 4) is 11.5 Å². The molecule has 0 saturated heterocycles. The number of phenolic OH excluding ortho intramolecular Hbond substituents is 2. The van der Waals surface area contributed by atoms with Gasteiger partial charge in [-0.2, -0.15) is 0 Å². The number of fused-ring (bicyclic) bond motifs is 2. The Balaban J connectivity index is 0.000000155. The van der Waals surface area contributed by atoms with E-state index in [2.05, 4.69) is 46.2 Å². The minimum Gasteiger partial charge on any atom is -0.659 e. The molecule has 6 nitrogen and oxygen atoms in total. The summed E-state index contributed by atoms with van der Waals surface area (Å²) in [5, 5.41) is 30.1. The maximum Gasteiger partial charge on any atom is 2.00 e. The molecular weight excluding hydrogens is 553 g/mol. The van der Waals surface area contributed by atoms with Gasteiger partial charge in [-0.1, -0.05) is 109 Å². The number of rotatable bonds is 4. The van der Waals surface area contributed by atoms with Crippen LogP contribution in [0.2, 0.25) is 0 Å². The molecule has 216 valence electrons. The third-order valence-corrected chi connectivity index (χ3v) is 7.79. The Morgan fingerprint density at radius 3 is 1.13 bits per heavy atom. The SMILES string of the molecule is Oc1ccccc1C1[N-]c2ccccc2N1c1ccccc1.Oc1ccccc1C1[N-]c2ccccc2N1c1ccccc1.[Be+2]. The molecule has 6 aromatic rings. The van der Waals surface area contributed by atoms with Gasteiger partial charge in [0.1, 0.15) is 11.5 Å². The van der Waals surface area contributed by atoms with Crippen LogP contribution in [0.4, 0.5) is 34.1 Å². The maximum atomic E-state index is 10.2. The van der Waals surface area contributed by atoms with Crippen LogP contribution in [-0.4, -0.2) is 20.3 Å². The second kappa shape index (κ2) is 12.9. The third kappa shape index (κ3) is 5.67. The van der Waals surface area contributed by atoms with Crippen LogP contribution in [0.25, 0.3) is 10.6 Å². The quantitative estimate of drug-likeness (QED) is 0.203. The van der Waals surface area contributed by atoms with E-state index in [4.69, 9.17) is 10.6 Å². The van der Waals surface area contributed by atoms with Crippen molar-refractivity contribution < 1.29 is 10.2 Å². The van der Waals surface area contributed by atoms with Gasteiger partial charge in [-0.3, -0.25) is 0 Å². The van der Waals surface area contributed by atoms with Gasteiger partial charge in [-0.05, 0) is 72.0 Å². The van der Waals surface area contributed by atoms with Crippen LogP contribution >= 0.6 is 0 Å². The van der Waals surface area contributed by atoms with Crippen molar-refractivity contribution in [2.24, 2.45) is 0 Å². The van der Waals surface area contributed by atoms with E-state index in [0.717, 1.165) is 45.3 Å². The van der Waals surface area contributed by atoms with Crippen LogP contribution in [0.5, 0.6) is 11.5 Å². The molecule has 0 amide bonds. The van der Waals surface area contributed by atoms with E-state index >= 15 is 0 Å². The van der Waals surface area contributed by atoms with Crippen LogP contribution in [-0.2, 0) is 0 Å². The first-order chi connectivity index (χ1) is 21.7. The van der Waals surface area contributed by atoms with E-state index in [9.17, 15) is 10.2 Å². The number of para-hydroxylation sites is 8. The Kier molecular flexibility index (Phi) is 8.41. The second-order valence-electron chi connectivity index (χ2n) is 10.5. The molecular formula is C38H30BeN4O2. The molecule has 2 aliphatic rings. The third-order valence-electron chi connectivity index (χ3n) is 7.79. The number of phenols is 2. The predicted molar refractivity (Wildman–Crippen MR) is 184 cm³/mol. The maximum absolute atomic E-state index is 10.2. The zero-order chi connectivity index (χ0) is 29.9. The number of aromatic hydroxyl groups is 2. The summed E-state index contributed by atoms with van der Waals surface area (Å²) in [4.78, 5) is 4.31. The van der Waals surface area contributed by atoms with Gasteiger partial charge < -0.3 is 30.6 Å². The minimum absolute atomic E-state index is 0. The fourth-order valence-electron chi connectivity index (χ4n) is 5.76. The summed E-state index contributed by atoms with van der Waals surface area (Å²) in [7, 11) is 0. The first-order valence-corrected chi connectivity index (χ1v) is 14.5. The molecule has 0 aliphatic carbocycles.